The Labute approximate surface area is 450 Å². The number of carbonyl (C=O) groups is 2. The van der Waals surface area contributed by atoms with Crippen molar-refractivity contribution in [2.45, 2.75) is 90.9 Å². The lowest BCUT2D eigenvalue weighted by Gasteiger charge is -2.13. The second-order valence-electron chi connectivity index (χ2n) is 18.3. The van der Waals surface area contributed by atoms with Crippen molar-refractivity contribution in [1.82, 2.24) is 0 Å². The lowest BCUT2D eigenvalue weighted by atomic mass is 10.1. The average molecular weight is 1030 g/mol. The van der Waals surface area contributed by atoms with E-state index < -0.39 is 11.9 Å². The molecule has 0 unspecified atom stereocenters. The summed E-state index contributed by atoms with van der Waals surface area (Å²) in [4.78, 5) is 26.4. The number of carbonyl (C=O) groups excluding carboxylic acids is 2. The predicted molar refractivity (Wildman–Crippen MR) is 304 cm³/mol. The molecule has 0 saturated heterocycles. The molecule has 0 fully saturated rings. The number of hydrogen-bond donors (Lipinski definition) is 0. The van der Waals surface area contributed by atoms with Crippen molar-refractivity contribution in [2.24, 2.45) is 0 Å². The van der Waals surface area contributed by atoms with Crippen molar-refractivity contribution in [3.8, 4) is 46.7 Å². The Balaban J connectivity index is 0.962. The largest absolute Gasteiger partial charge is 0.494 e. The van der Waals surface area contributed by atoms with Gasteiger partial charge in [0.1, 0.15) is 34.1 Å². The first-order valence-corrected chi connectivity index (χ1v) is 27.0. The number of fused-ring (bicyclic) bond motifs is 2. The smallest absolute Gasteiger partial charge is 0.341 e. The summed E-state index contributed by atoms with van der Waals surface area (Å²) >= 11 is 0. The summed E-state index contributed by atoms with van der Waals surface area (Å²) in [6.45, 7) is 16.7. The fourth-order valence-corrected chi connectivity index (χ4v) is 8.00. The highest BCUT2D eigenvalue weighted by molar-refractivity contribution is 5.94. The van der Waals surface area contributed by atoms with Gasteiger partial charge in [-0.1, -0.05) is 73.9 Å². The van der Waals surface area contributed by atoms with E-state index in [9.17, 15) is 9.59 Å². The summed E-state index contributed by atoms with van der Waals surface area (Å²) in [6, 6.07) is 35.2. The maximum atomic E-state index is 13.2. The molecule has 0 aliphatic heterocycles. The van der Waals surface area contributed by atoms with Crippen LogP contribution in [0.15, 0.2) is 135 Å². The van der Waals surface area contributed by atoms with Gasteiger partial charge in [0.05, 0.1) is 52.9 Å². The van der Waals surface area contributed by atoms with Gasteiger partial charge in [0.2, 0.25) is 0 Å². The van der Waals surface area contributed by atoms with Crippen LogP contribution in [0.2, 0.25) is 0 Å². The second kappa shape index (κ2) is 33.4. The standard InChI is InChI=1S/C66H74O10/c1-5-35-69-39-13-11-17-41-71-59-31-29-55-45-51(23-27-57(55)49-59)19-21-53-25-33-63(61(47-53)65(67)75-37-7-3)73-43-15-9-10-16-44-74-64-34-26-54(48-62(64)66(68)76-38-8-4)22-20-52-24-28-58-50-60(32-30-56(58)46-52)72-42-18-12-14-40-70-36-6-2/h5-6,23-34,45-50H,1-2,7-18,35-44H2,3-4H3. The molecule has 0 radical (unpaired) electrons. The Hall–Kier alpha value is -7.50. The zero-order valence-electron chi connectivity index (χ0n) is 44.6. The zero-order chi connectivity index (χ0) is 53.4. The number of benzene rings is 6. The van der Waals surface area contributed by atoms with Gasteiger partial charge in [0, 0.05) is 35.5 Å². The Morgan fingerprint density at radius 3 is 1.14 bits per heavy atom. The molecule has 0 N–H and O–H groups in total. The fraction of sp³-hybridized carbons (Fsp3) is 0.364. The summed E-state index contributed by atoms with van der Waals surface area (Å²) < 4.78 is 46.3. The maximum Gasteiger partial charge on any atom is 0.341 e. The molecule has 0 spiro atoms. The molecular weight excluding hydrogens is 953 g/mol. The summed E-state index contributed by atoms with van der Waals surface area (Å²) in [7, 11) is 0. The number of hydrogen-bond acceptors (Lipinski definition) is 10. The third-order valence-corrected chi connectivity index (χ3v) is 12.0. The van der Waals surface area contributed by atoms with Crippen LogP contribution in [-0.4, -0.2) is 78.0 Å². The van der Waals surface area contributed by atoms with E-state index in [0.29, 0.717) is 99.4 Å². The van der Waals surface area contributed by atoms with E-state index in [0.717, 1.165) is 122 Å². The molecule has 0 amide bonds. The highest BCUT2D eigenvalue weighted by atomic mass is 16.5. The molecule has 0 aromatic heterocycles. The van der Waals surface area contributed by atoms with Gasteiger partial charge >= 0.3 is 11.9 Å². The molecule has 6 rings (SSSR count). The molecule has 398 valence electrons. The van der Waals surface area contributed by atoms with Crippen LogP contribution in [-0.2, 0) is 18.9 Å². The SMILES string of the molecule is C=CCOCCCCCOc1ccc2cc(C#Cc3ccc(OCCCCCCOc4ccc(C#Cc5ccc6cc(OCCCCCOCC=C)ccc6c5)cc4C(=O)OCCC)c(C(=O)OCCC)c3)ccc2c1. The van der Waals surface area contributed by atoms with Crippen LogP contribution in [0.25, 0.3) is 21.5 Å². The molecule has 6 aromatic carbocycles. The van der Waals surface area contributed by atoms with Crippen molar-refractivity contribution in [1.29, 1.82) is 0 Å². The molecular formula is C66H74O10. The van der Waals surface area contributed by atoms with Crippen molar-refractivity contribution >= 4 is 33.5 Å². The highest BCUT2D eigenvalue weighted by Gasteiger charge is 2.17. The maximum absolute atomic E-state index is 13.2. The number of unbranched alkanes of at least 4 members (excludes halogenated alkanes) is 7. The Morgan fingerprint density at radius 2 is 0.737 bits per heavy atom. The van der Waals surface area contributed by atoms with Gasteiger partial charge in [-0.3, -0.25) is 0 Å². The Morgan fingerprint density at radius 1 is 0.395 bits per heavy atom. The van der Waals surface area contributed by atoms with Crippen LogP contribution in [0.4, 0.5) is 0 Å². The monoisotopic (exact) mass is 1030 g/mol. The number of ether oxygens (including phenoxy) is 8. The topological polar surface area (TPSA) is 108 Å². The van der Waals surface area contributed by atoms with Crippen molar-refractivity contribution in [3.05, 3.63) is 168 Å². The summed E-state index contributed by atoms with van der Waals surface area (Å²) in [5.74, 6) is 14.7. The van der Waals surface area contributed by atoms with Crippen LogP contribution < -0.4 is 18.9 Å². The molecule has 0 heterocycles. The first kappa shape index (κ1) is 57.8. The Kier molecular flexibility index (Phi) is 25.4. The first-order chi connectivity index (χ1) is 37.4. The zero-order valence-corrected chi connectivity index (χ0v) is 44.6. The quantitative estimate of drug-likeness (QED) is 0.0171. The van der Waals surface area contributed by atoms with Crippen LogP contribution in [0.5, 0.6) is 23.0 Å². The van der Waals surface area contributed by atoms with Crippen molar-refractivity contribution < 1.29 is 47.5 Å². The molecule has 0 aliphatic carbocycles. The van der Waals surface area contributed by atoms with E-state index in [1.807, 2.05) is 62.4 Å². The summed E-state index contributed by atoms with van der Waals surface area (Å²) in [5.41, 5.74) is 3.79. The summed E-state index contributed by atoms with van der Waals surface area (Å²) in [5, 5.41) is 4.27. The van der Waals surface area contributed by atoms with Gasteiger partial charge in [-0.2, -0.15) is 0 Å². The van der Waals surface area contributed by atoms with Gasteiger partial charge < -0.3 is 37.9 Å². The number of rotatable bonds is 33. The van der Waals surface area contributed by atoms with E-state index in [1.54, 1.807) is 36.4 Å². The molecule has 10 nitrogen and oxygen atoms in total. The van der Waals surface area contributed by atoms with Crippen molar-refractivity contribution in [2.75, 3.05) is 66.1 Å². The fourth-order valence-electron chi connectivity index (χ4n) is 8.00. The molecule has 0 bridgehead atoms. The van der Waals surface area contributed by atoms with E-state index in [4.69, 9.17) is 37.9 Å². The molecule has 0 saturated carbocycles. The van der Waals surface area contributed by atoms with E-state index >= 15 is 0 Å². The lowest BCUT2D eigenvalue weighted by molar-refractivity contribution is 0.0490. The average Bonchev–Trinajstić information content (AvgIpc) is 3.45. The molecule has 76 heavy (non-hydrogen) atoms. The Bertz CT molecular complexity index is 2730. The minimum atomic E-state index is -0.438. The van der Waals surface area contributed by atoms with E-state index in [-0.39, 0.29) is 0 Å². The highest BCUT2D eigenvalue weighted by Crippen LogP contribution is 2.27. The van der Waals surface area contributed by atoms with Gasteiger partial charge in [-0.05, 0) is 184 Å². The van der Waals surface area contributed by atoms with Crippen LogP contribution in [0, 0.1) is 23.7 Å². The third-order valence-electron chi connectivity index (χ3n) is 12.0. The van der Waals surface area contributed by atoms with Crippen LogP contribution in [0.3, 0.4) is 0 Å². The third kappa shape index (κ3) is 20.0. The predicted octanol–water partition coefficient (Wildman–Crippen LogP) is 14.4. The van der Waals surface area contributed by atoms with Crippen LogP contribution in [0.1, 0.15) is 134 Å². The van der Waals surface area contributed by atoms with Gasteiger partial charge in [0.15, 0.2) is 0 Å². The molecule has 10 heteroatoms. The van der Waals surface area contributed by atoms with Gasteiger partial charge in [0.25, 0.3) is 0 Å². The summed E-state index contributed by atoms with van der Waals surface area (Å²) in [6.07, 6.45) is 14.3. The molecule has 0 aliphatic rings. The first-order valence-electron chi connectivity index (χ1n) is 27.0. The second-order valence-corrected chi connectivity index (χ2v) is 18.3. The lowest BCUT2D eigenvalue weighted by Crippen LogP contribution is -2.10. The molecule has 6 aromatic rings. The minimum Gasteiger partial charge on any atom is -0.494 e. The van der Waals surface area contributed by atoms with E-state index in [1.165, 1.54) is 0 Å². The van der Waals surface area contributed by atoms with Crippen LogP contribution >= 0.6 is 0 Å². The normalized spacial score (nSPS) is 10.7. The molecule has 0 atom stereocenters. The van der Waals surface area contributed by atoms with Crippen molar-refractivity contribution in [3.63, 3.8) is 0 Å². The van der Waals surface area contributed by atoms with Gasteiger partial charge in [-0.15, -0.1) is 13.2 Å². The minimum absolute atomic E-state index is 0.311. The van der Waals surface area contributed by atoms with E-state index in [2.05, 4.69) is 73.2 Å². The van der Waals surface area contributed by atoms with Gasteiger partial charge in [-0.25, -0.2) is 9.59 Å². The number of esters is 2.